The lowest BCUT2D eigenvalue weighted by Crippen LogP contribution is -2.46. The van der Waals surface area contributed by atoms with E-state index in [1.807, 2.05) is 22.9 Å². The van der Waals surface area contributed by atoms with Crippen molar-refractivity contribution in [2.75, 3.05) is 56.2 Å². The number of carbonyl (C=O) groups excluding carboxylic acids is 1. The average Bonchev–Trinajstić information content (AvgIpc) is 3.25. The van der Waals surface area contributed by atoms with E-state index in [4.69, 9.17) is 10.5 Å². The summed E-state index contributed by atoms with van der Waals surface area (Å²) in [7, 11) is 1.73. The number of primary amides is 1. The summed E-state index contributed by atoms with van der Waals surface area (Å²) < 4.78 is 7.54. The fourth-order valence-electron chi connectivity index (χ4n) is 4.76. The lowest BCUT2D eigenvalue weighted by molar-refractivity contribution is 0.249. The molecule has 0 unspecified atom stereocenters. The van der Waals surface area contributed by atoms with Gasteiger partial charge in [-0.05, 0) is 50.8 Å². The van der Waals surface area contributed by atoms with Crippen molar-refractivity contribution in [1.29, 1.82) is 0 Å². The number of benzene rings is 1. The maximum absolute atomic E-state index is 12.0. The molecule has 0 spiro atoms. The molecular weight excluding hydrogens is 404 g/mol. The molecule has 2 N–H and O–H groups in total. The van der Waals surface area contributed by atoms with Gasteiger partial charge < -0.3 is 15.4 Å². The van der Waals surface area contributed by atoms with Crippen molar-refractivity contribution in [2.45, 2.75) is 45.1 Å². The van der Waals surface area contributed by atoms with E-state index in [-0.39, 0.29) is 0 Å². The molecule has 1 saturated heterocycles. The van der Waals surface area contributed by atoms with Crippen LogP contribution in [0.4, 0.5) is 16.3 Å². The number of ether oxygens (including phenoxy) is 1. The van der Waals surface area contributed by atoms with Crippen LogP contribution in [0.15, 0.2) is 30.3 Å². The van der Waals surface area contributed by atoms with Crippen LogP contribution in [0.3, 0.4) is 0 Å². The molecule has 2 aromatic rings. The maximum atomic E-state index is 12.0. The number of nitrogens with two attached hydrogens (primary N) is 1. The Labute approximate surface area is 190 Å². The van der Waals surface area contributed by atoms with Crippen molar-refractivity contribution in [3.05, 3.63) is 36.0 Å². The van der Waals surface area contributed by atoms with Crippen molar-refractivity contribution < 1.29 is 9.53 Å². The number of para-hydroxylation sites is 2. The second-order valence-corrected chi connectivity index (χ2v) is 8.73. The zero-order chi connectivity index (χ0) is 22.3. The van der Waals surface area contributed by atoms with Crippen molar-refractivity contribution in [1.82, 2.24) is 14.7 Å². The first-order valence-electron chi connectivity index (χ1n) is 11.9. The van der Waals surface area contributed by atoms with Crippen molar-refractivity contribution in [3.8, 4) is 5.75 Å². The summed E-state index contributed by atoms with van der Waals surface area (Å²) in [6, 6.07) is 9.86. The van der Waals surface area contributed by atoms with E-state index in [9.17, 15) is 4.79 Å². The summed E-state index contributed by atoms with van der Waals surface area (Å²) in [5.74, 6) is 1.65. The van der Waals surface area contributed by atoms with E-state index >= 15 is 0 Å². The summed E-state index contributed by atoms with van der Waals surface area (Å²) in [6.07, 6.45) is 6.51. The maximum Gasteiger partial charge on any atom is 0.320 e. The van der Waals surface area contributed by atoms with Gasteiger partial charge in [0.2, 0.25) is 0 Å². The van der Waals surface area contributed by atoms with Crippen molar-refractivity contribution >= 4 is 17.5 Å². The monoisotopic (exact) mass is 440 g/mol. The molecule has 4 rings (SSSR count). The molecule has 0 saturated carbocycles. The number of rotatable bonds is 9. The standard InChI is InChI=1S/C24H36N6O2/c1-32-22-11-4-3-10-21(22)28-17-15-27(16-18-28)12-6-2-7-13-29(24(25)31)23-19-20-9-5-8-14-30(20)26-23/h3-4,10-11,19H,2,5-9,12-18H2,1H3,(H2,25,31). The molecule has 1 aromatic carbocycles. The fourth-order valence-corrected chi connectivity index (χ4v) is 4.76. The number of anilines is 2. The number of methoxy groups -OCH3 is 1. The van der Waals surface area contributed by atoms with Crippen LogP contribution >= 0.6 is 0 Å². The van der Waals surface area contributed by atoms with Gasteiger partial charge in [-0.25, -0.2) is 4.79 Å². The third-order valence-electron chi connectivity index (χ3n) is 6.60. The molecule has 8 heteroatoms. The molecule has 0 aliphatic carbocycles. The number of urea groups is 1. The van der Waals surface area contributed by atoms with Gasteiger partial charge in [0, 0.05) is 51.0 Å². The quantitative estimate of drug-likeness (QED) is 0.606. The van der Waals surface area contributed by atoms with Crippen molar-refractivity contribution in [2.24, 2.45) is 5.73 Å². The van der Waals surface area contributed by atoms with E-state index in [1.54, 1.807) is 12.0 Å². The molecule has 2 aliphatic heterocycles. The minimum atomic E-state index is -0.409. The highest BCUT2D eigenvalue weighted by Gasteiger charge is 2.21. The van der Waals surface area contributed by atoms with E-state index in [0.29, 0.717) is 12.4 Å². The van der Waals surface area contributed by atoms with Gasteiger partial charge >= 0.3 is 6.03 Å². The van der Waals surface area contributed by atoms with Crippen LogP contribution in [-0.2, 0) is 13.0 Å². The smallest absolute Gasteiger partial charge is 0.320 e. The second-order valence-electron chi connectivity index (χ2n) is 8.73. The van der Waals surface area contributed by atoms with Gasteiger partial charge in [0.05, 0.1) is 12.8 Å². The van der Waals surface area contributed by atoms with Crippen molar-refractivity contribution in [3.63, 3.8) is 0 Å². The molecule has 0 radical (unpaired) electrons. The highest BCUT2D eigenvalue weighted by Crippen LogP contribution is 2.28. The number of hydrogen-bond acceptors (Lipinski definition) is 5. The number of hydrogen-bond donors (Lipinski definition) is 1. The number of amides is 2. The second kappa shape index (κ2) is 10.7. The molecule has 2 amide bonds. The van der Waals surface area contributed by atoms with Crippen LogP contribution in [0, 0.1) is 0 Å². The van der Waals surface area contributed by atoms with Crippen LogP contribution in [-0.4, -0.2) is 67.1 Å². The summed E-state index contributed by atoms with van der Waals surface area (Å²) >= 11 is 0. The van der Waals surface area contributed by atoms with Crippen LogP contribution in [0.2, 0.25) is 0 Å². The number of nitrogens with zero attached hydrogens (tertiary/aromatic N) is 5. The Morgan fingerprint density at radius 1 is 1.09 bits per heavy atom. The Morgan fingerprint density at radius 3 is 2.66 bits per heavy atom. The van der Waals surface area contributed by atoms with Crippen LogP contribution in [0.25, 0.3) is 0 Å². The largest absolute Gasteiger partial charge is 0.495 e. The number of aryl methyl sites for hydroxylation is 2. The summed E-state index contributed by atoms with van der Waals surface area (Å²) in [6.45, 7) is 6.81. The van der Waals surface area contributed by atoms with Gasteiger partial charge in [0.1, 0.15) is 5.75 Å². The topological polar surface area (TPSA) is 79.9 Å². The minimum absolute atomic E-state index is 0.409. The molecule has 2 aliphatic rings. The van der Waals surface area contributed by atoms with E-state index < -0.39 is 6.03 Å². The van der Waals surface area contributed by atoms with Crippen LogP contribution in [0.1, 0.15) is 37.8 Å². The zero-order valence-electron chi connectivity index (χ0n) is 19.2. The average molecular weight is 441 g/mol. The minimum Gasteiger partial charge on any atom is -0.495 e. The first-order chi connectivity index (χ1) is 15.7. The lowest BCUT2D eigenvalue weighted by Gasteiger charge is -2.36. The third kappa shape index (κ3) is 5.35. The summed E-state index contributed by atoms with van der Waals surface area (Å²) in [5, 5.41) is 4.61. The number of carbonyl (C=O) groups is 1. The predicted octanol–water partition coefficient (Wildman–Crippen LogP) is 3.11. The SMILES string of the molecule is COc1ccccc1N1CCN(CCCCCN(C(N)=O)c2cc3n(n2)CCCC3)CC1. The van der Waals surface area contributed by atoms with Crippen LogP contribution < -0.4 is 20.3 Å². The first kappa shape index (κ1) is 22.5. The van der Waals surface area contributed by atoms with Gasteiger partial charge in [-0.2, -0.15) is 5.10 Å². The Balaban J connectivity index is 1.18. The molecule has 1 fully saturated rings. The number of unbranched alkanes of at least 4 members (excludes halogenated alkanes) is 2. The highest BCUT2D eigenvalue weighted by atomic mass is 16.5. The predicted molar refractivity (Wildman–Crippen MR) is 128 cm³/mol. The number of fused-ring (bicyclic) bond motifs is 1. The molecule has 174 valence electrons. The molecule has 0 atom stereocenters. The number of piperazine rings is 1. The van der Waals surface area contributed by atoms with E-state index in [1.165, 1.54) is 17.8 Å². The highest BCUT2D eigenvalue weighted by molar-refractivity contribution is 5.89. The van der Waals surface area contributed by atoms with Gasteiger partial charge in [0.15, 0.2) is 5.82 Å². The fraction of sp³-hybridized carbons (Fsp3) is 0.583. The lowest BCUT2D eigenvalue weighted by atomic mass is 10.1. The van der Waals surface area contributed by atoms with Gasteiger partial charge in [-0.1, -0.05) is 18.6 Å². The molecule has 0 bridgehead atoms. The molecule has 3 heterocycles. The van der Waals surface area contributed by atoms with Gasteiger partial charge in [0.25, 0.3) is 0 Å². The molecule has 8 nitrogen and oxygen atoms in total. The van der Waals surface area contributed by atoms with Crippen LogP contribution in [0.5, 0.6) is 5.75 Å². The van der Waals surface area contributed by atoms with E-state index in [0.717, 1.165) is 77.1 Å². The first-order valence-corrected chi connectivity index (χ1v) is 11.9. The Kier molecular flexibility index (Phi) is 7.52. The van der Waals surface area contributed by atoms with Gasteiger partial charge in [-0.15, -0.1) is 0 Å². The molecule has 32 heavy (non-hydrogen) atoms. The van der Waals surface area contributed by atoms with E-state index in [2.05, 4.69) is 27.0 Å². The Morgan fingerprint density at radius 2 is 1.91 bits per heavy atom. The Hall–Kier alpha value is -2.74. The third-order valence-corrected chi connectivity index (χ3v) is 6.60. The molecular formula is C24H36N6O2. The normalized spacial score (nSPS) is 16.6. The molecule has 1 aromatic heterocycles. The van der Waals surface area contributed by atoms with Gasteiger partial charge in [-0.3, -0.25) is 14.5 Å². The summed E-state index contributed by atoms with van der Waals surface area (Å²) in [4.78, 5) is 18.6. The summed E-state index contributed by atoms with van der Waals surface area (Å²) in [5.41, 5.74) is 8.05. The Bertz CT molecular complexity index is 867. The zero-order valence-corrected chi connectivity index (χ0v) is 19.2. The number of aromatic nitrogens is 2.